The molecule has 0 aromatic rings. The molecule has 2 atom stereocenters. The van der Waals surface area contributed by atoms with Crippen LogP contribution in [-0.2, 0) is 23.2 Å². The van der Waals surface area contributed by atoms with Gasteiger partial charge in [-0.1, -0.05) is 13.8 Å². The third-order valence-electron chi connectivity index (χ3n) is 2.46. The van der Waals surface area contributed by atoms with Crippen molar-refractivity contribution in [3.8, 4) is 0 Å². The SMILES string of the molecule is CC(C)CC(N)C(=O)O.CC(C)OP(=O)(NC(C)C(=O)O)OC(C)C. The van der Waals surface area contributed by atoms with E-state index in [4.69, 9.17) is 25.0 Å². The lowest BCUT2D eigenvalue weighted by atomic mass is 10.1. The summed E-state index contributed by atoms with van der Waals surface area (Å²) in [5.41, 5.74) is 5.22. The molecule has 0 amide bonds. The van der Waals surface area contributed by atoms with Gasteiger partial charge in [0.15, 0.2) is 0 Å². The van der Waals surface area contributed by atoms with Crippen molar-refractivity contribution >= 4 is 19.7 Å². The predicted molar refractivity (Wildman–Crippen MR) is 95.3 cm³/mol. The highest BCUT2D eigenvalue weighted by Crippen LogP contribution is 2.46. The van der Waals surface area contributed by atoms with Crippen LogP contribution in [0.5, 0.6) is 0 Å². The molecule has 2 unspecified atom stereocenters. The van der Waals surface area contributed by atoms with Gasteiger partial charge in [-0.3, -0.25) is 18.6 Å². The summed E-state index contributed by atoms with van der Waals surface area (Å²) in [6.45, 7) is 12.1. The lowest BCUT2D eigenvalue weighted by molar-refractivity contribution is -0.139. The van der Waals surface area contributed by atoms with Gasteiger partial charge >= 0.3 is 19.7 Å². The molecule has 0 aromatic heterocycles. The highest BCUT2D eigenvalue weighted by molar-refractivity contribution is 7.51. The number of carboxylic acids is 2. The number of carboxylic acid groups (broad SMARTS) is 2. The van der Waals surface area contributed by atoms with Gasteiger partial charge in [-0.15, -0.1) is 0 Å². The second-order valence-corrected chi connectivity index (χ2v) is 8.24. The number of carbonyl (C=O) groups is 2. The first-order chi connectivity index (χ1) is 11.2. The quantitative estimate of drug-likeness (QED) is 0.417. The van der Waals surface area contributed by atoms with Gasteiger partial charge in [0.05, 0.1) is 12.2 Å². The van der Waals surface area contributed by atoms with E-state index in [2.05, 4.69) is 5.09 Å². The number of hydrogen-bond acceptors (Lipinski definition) is 6. The Morgan fingerprint density at radius 1 is 0.960 bits per heavy atom. The smallest absolute Gasteiger partial charge is 0.406 e. The van der Waals surface area contributed by atoms with Crippen LogP contribution in [0.15, 0.2) is 0 Å². The molecular formula is C15H33N2O7P. The normalized spacial score (nSPS) is 14.2. The Morgan fingerprint density at radius 3 is 1.56 bits per heavy atom. The fraction of sp³-hybridized carbons (Fsp3) is 0.867. The largest absolute Gasteiger partial charge is 0.480 e. The molecule has 0 aromatic carbocycles. The summed E-state index contributed by atoms with van der Waals surface area (Å²) < 4.78 is 22.4. The summed E-state index contributed by atoms with van der Waals surface area (Å²) in [4.78, 5) is 20.8. The molecule has 0 rings (SSSR count). The van der Waals surface area contributed by atoms with Crippen LogP contribution in [0.25, 0.3) is 0 Å². The molecule has 5 N–H and O–H groups in total. The van der Waals surface area contributed by atoms with E-state index >= 15 is 0 Å². The summed E-state index contributed by atoms with van der Waals surface area (Å²) in [6.07, 6.45) is -0.0915. The molecule has 0 aliphatic heterocycles. The van der Waals surface area contributed by atoms with Gasteiger partial charge in [-0.25, -0.2) is 9.65 Å². The first kappa shape index (κ1) is 26.2. The van der Waals surface area contributed by atoms with Crippen LogP contribution < -0.4 is 10.8 Å². The lowest BCUT2D eigenvalue weighted by Crippen LogP contribution is -2.33. The fourth-order valence-corrected chi connectivity index (χ4v) is 3.41. The van der Waals surface area contributed by atoms with Crippen LogP contribution >= 0.6 is 7.75 Å². The van der Waals surface area contributed by atoms with E-state index in [0.29, 0.717) is 12.3 Å². The molecule has 0 saturated carbocycles. The molecule has 0 aliphatic rings. The minimum Gasteiger partial charge on any atom is -0.480 e. The lowest BCUT2D eigenvalue weighted by Gasteiger charge is -2.24. The van der Waals surface area contributed by atoms with E-state index in [0.717, 1.165) is 0 Å². The Hall–Kier alpha value is -0.990. The number of hydrogen-bond donors (Lipinski definition) is 4. The van der Waals surface area contributed by atoms with Gasteiger partial charge in [0.2, 0.25) is 0 Å². The summed E-state index contributed by atoms with van der Waals surface area (Å²) in [6, 6.07) is -1.69. The van der Waals surface area contributed by atoms with Gasteiger partial charge < -0.3 is 15.9 Å². The maximum Gasteiger partial charge on any atom is 0.406 e. The maximum absolute atomic E-state index is 12.1. The second kappa shape index (κ2) is 12.4. The van der Waals surface area contributed by atoms with E-state index < -0.39 is 31.8 Å². The van der Waals surface area contributed by atoms with E-state index in [1.165, 1.54) is 6.92 Å². The number of rotatable bonds is 10. The molecule has 25 heavy (non-hydrogen) atoms. The number of nitrogens with two attached hydrogens (primary N) is 1. The van der Waals surface area contributed by atoms with E-state index in [-0.39, 0.29) is 12.2 Å². The van der Waals surface area contributed by atoms with Crippen molar-refractivity contribution in [2.75, 3.05) is 0 Å². The molecule has 0 radical (unpaired) electrons. The average Bonchev–Trinajstić information content (AvgIpc) is 2.35. The Bertz CT molecular complexity index is 441. The van der Waals surface area contributed by atoms with E-state index in [9.17, 15) is 14.2 Å². The Balaban J connectivity index is 0. The van der Waals surface area contributed by atoms with E-state index in [1.54, 1.807) is 27.7 Å². The van der Waals surface area contributed by atoms with Gasteiger partial charge in [0.1, 0.15) is 12.1 Å². The van der Waals surface area contributed by atoms with Crippen LogP contribution in [-0.4, -0.2) is 46.4 Å². The van der Waals surface area contributed by atoms with Crippen LogP contribution in [0.3, 0.4) is 0 Å². The molecule has 150 valence electrons. The van der Waals surface area contributed by atoms with Crippen LogP contribution in [0.4, 0.5) is 0 Å². The Morgan fingerprint density at radius 2 is 1.36 bits per heavy atom. The molecule has 0 bridgehead atoms. The van der Waals surface area contributed by atoms with E-state index in [1.807, 2.05) is 13.8 Å². The van der Waals surface area contributed by atoms with Crippen molar-refractivity contribution in [3.05, 3.63) is 0 Å². The number of aliphatic carboxylic acids is 2. The average molecular weight is 384 g/mol. The van der Waals surface area contributed by atoms with Crippen molar-refractivity contribution < 1.29 is 33.4 Å². The number of nitrogens with one attached hydrogen (secondary N) is 1. The van der Waals surface area contributed by atoms with Gasteiger partial charge in [-0.05, 0) is 47.0 Å². The summed E-state index contributed by atoms with van der Waals surface area (Å²) in [7, 11) is -3.57. The zero-order chi connectivity index (χ0) is 20.4. The molecular weight excluding hydrogens is 351 g/mol. The van der Waals surface area contributed by atoms with Crippen molar-refractivity contribution in [2.45, 2.75) is 79.2 Å². The van der Waals surface area contributed by atoms with Crippen LogP contribution in [0.2, 0.25) is 0 Å². The molecule has 0 saturated heterocycles. The second-order valence-electron chi connectivity index (χ2n) is 6.57. The highest BCUT2D eigenvalue weighted by Gasteiger charge is 2.31. The van der Waals surface area contributed by atoms with Crippen molar-refractivity contribution in [3.63, 3.8) is 0 Å². The summed E-state index contributed by atoms with van der Waals surface area (Å²) in [5.74, 6) is -1.67. The predicted octanol–water partition coefficient (Wildman–Crippen LogP) is 2.45. The van der Waals surface area contributed by atoms with Crippen molar-refractivity contribution in [1.29, 1.82) is 0 Å². The van der Waals surface area contributed by atoms with Gasteiger partial charge in [0, 0.05) is 0 Å². The van der Waals surface area contributed by atoms with Crippen molar-refractivity contribution in [1.82, 2.24) is 5.09 Å². The highest BCUT2D eigenvalue weighted by atomic mass is 31.2. The third-order valence-corrected chi connectivity index (χ3v) is 4.57. The van der Waals surface area contributed by atoms with Gasteiger partial charge in [0.25, 0.3) is 0 Å². The Labute approximate surface area is 149 Å². The monoisotopic (exact) mass is 384 g/mol. The summed E-state index contributed by atoms with van der Waals surface area (Å²) in [5, 5.41) is 19.4. The van der Waals surface area contributed by atoms with Gasteiger partial charge in [-0.2, -0.15) is 0 Å². The summed E-state index contributed by atoms with van der Waals surface area (Å²) >= 11 is 0. The molecule has 0 aliphatic carbocycles. The minimum absolute atomic E-state index is 0.321. The standard InChI is InChI=1S/C9H20NO5P.C6H13NO2/c1-6(2)14-16(13,15-7(3)4)10-8(5)9(11)12;1-4(2)3-5(7)6(8)9/h6-8H,1-5H3,(H,10,13)(H,11,12);4-5H,3,7H2,1-2H3,(H,8,9). The van der Waals surface area contributed by atoms with Crippen LogP contribution in [0, 0.1) is 5.92 Å². The molecule has 0 heterocycles. The molecule has 0 fully saturated rings. The minimum atomic E-state index is -3.57. The molecule has 9 nitrogen and oxygen atoms in total. The zero-order valence-corrected chi connectivity index (χ0v) is 16.9. The van der Waals surface area contributed by atoms with Crippen molar-refractivity contribution in [2.24, 2.45) is 11.7 Å². The first-order valence-electron chi connectivity index (χ1n) is 8.16. The fourth-order valence-electron chi connectivity index (χ4n) is 1.54. The Kier molecular flexibility index (Phi) is 13.0. The van der Waals surface area contributed by atoms with Crippen LogP contribution in [0.1, 0.15) is 54.9 Å². The molecule has 0 spiro atoms. The third kappa shape index (κ3) is 15.0. The maximum atomic E-state index is 12.1. The first-order valence-corrected chi connectivity index (χ1v) is 9.70. The topological polar surface area (TPSA) is 148 Å². The zero-order valence-electron chi connectivity index (χ0n) is 16.1. The molecule has 10 heteroatoms.